The van der Waals surface area contributed by atoms with Crippen molar-refractivity contribution in [3.8, 4) is 5.69 Å². The number of tetrazole rings is 1. The number of rotatable bonds is 1. The second kappa shape index (κ2) is 3.55. The Kier molecular flexibility index (Phi) is 2.39. The Labute approximate surface area is 93.0 Å². The lowest BCUT2D eigenvalue weighted by Crippen LogP contribution is -2.03. The predicted octanol–water partition coefficient (Wildman–Crippen LogP) is 1.66. The van der Waals surface area contributed by atoms with Crippen molar-refractivity contribution in [1.29, 1.82) is 0 Å². The molecule has 0 aliphatic heterocycles. The molecule has 2 aromatic rings. The summed E-state index contributed by atoms with van der Waals surface area (Å²) in [6.45, 7) is 0. The standard InChI is InChI=1S/C7H5BrClN5/c8-5-2-1-4(9)3-6(5)14-7(10)11-12-13-14/h1-3H,(H2,10,11,13). The van der Waals surface area contributed by atoms with Gasteiger partial charge in [0, 0.05) is 9.50 Å². The number of nitrogen functional groups attached to an aromatic ring is 1. The summed E-state index contributed by atoms with van der Waals surface area (Å²) in [5.41, 5.74) is 6.26. The Morgan fingerprint density at radius 2 is 2.21 bits per heavy atom. The fourth-order valence-electron chi connectivity index (χ4n) is 1.01. The highest BCUT2D eigenvalue weighted by Crippen LogP contribution is 2.24. The molecule has 2 rings (SSSR count). The van der Waals surface area contributed by atoms with Crippen LogP contribution in [-0.2, 0) is 0 Å². The topological polar surface area (TPSA) is 69.6 Å². The summed E-state index contributed by atoms with van der Waals surface area (Å²) in [6.07, 6.45) is 0. The van der Waals surface area contributed by atoms with Gasteiger partial charge in [0.1, 0.15) is 0 Å². The lowest BCUT2D eigenvalue weighted by atomic mass is 10.3. The number of halogens is 2. The summed E-state index contributed by atoms with van der Waals surface area (Å²) < 4.78 is 2.22. The molecule has 1 heterocycles. The molecule has 1 aromatic heterocycles. The van der Waals surface area contributed by atoms with Gasteiger partial charge in [0.05, 0.1) is 5.69 Å². The van der Waals surface area contributed by atoms with Gasteiger partial charge in [-0.1, -0.05) is 16.7 Å². The Bertz CT molecular complexity index is 469. The maximum Gasteiger partial charge on any atom is 0.245 e. The van der Waals surface area contributed by atoms with Crippen LogP contribution in [0.3, 0.4) is 0 Å². The summed E-state index contributed by atoms with van der Waals surface area (Å²) in [4.78, 5) is 0. The highest BCUT2D eigenvalue weighted by atomic mass is 79.9. The first-order chi connectivity index (χ1) is 6.68. The predicted molar refractivity (Wildman–Crippen MR) is 56.3 cm³/mol. The van der Waals surface area contributed by atoms with Gasteiger partial charge in [0.15, 0.2) is 0 Å². The number of hydrogen-bond acceptors (Lipinski definition) is 4. The molecule has 0 saturated heterocycles. The van der Waals surface area contributed by atoms with Crippen LogP contribution in [0.4, 0.5) is 5.95 Å². The lowest BCUT2D eigenvalue weighted by molar-refractivity contribution is 0.790. The number of anilines is 1. The van der Waals surface area contributed by atoms with Crippen LogP contribution in [0.25, 0.3) is 5.69 Å². The zero-order valence-electron chi connectivity index (χ0n) is 6.85. The molecular formula is C7H5BrClN5. The van der Waals surface area contributed by atoms with Crippen molar-refractivity contribution in [1.82, 2.24) is 20.2 Å². The van der Waals surface area contributed by atoms with Crippen molar-refractivity contribution in [2.24, 2.45) is 0 Å². The third-order valence-corrected chi connectivity index (χ3v) is 2.54. The molecule has 0 aliphatic rings. The Morgan fingerprint density at radius 3 is 2.86 bits per heavy atom. The van der Waals surface area contributed by atoms with E-state index < -0.39 is 0 Å². The van der Waals surface area contributed by atoms with E-state index in [0.29, 0.717) is 10.7 Å². The maximum atomic E-state index is 5.84. The molecule has 0 bridgehead atoms. The largest absolute Gasteiger partial charge is 0.366 e. The van der Waals surface area contributed by atoms with E-state index in [0.717, 1.165) is 4.47 Å². The van der Waals surface area contributed by atoms with Gasteiger partial charge >= 0.3 is 0 Å². The smallest absolute Gasteiger partial charge is 0.245 e. The van der Waals surface area contributed by atoms with Crippen molar-refractivity contribution < 1.29 is 0 Å². The molecule has 0 spiro atoms. The molecule has 14 heavy (non-hydrogen) atoms. The molecule has 2 N–H and O–H groups in total. The Balaban J connectivity index is 2.62. The van der Waals surface area contributed by atoms with Crippen LogP contribution in [0.1, 0.15) is 0 Å². The second-order valence-corrected chi connectivity index (χ2v) is 3.84. The van der Waals surface area contributed by atoms with Gasteiger partial charge in [-0.15, -0.1) is 0 Å². The van der Waals surface area contributed by atoms with E-state index in [1.807, 2.05) is 0 Å². The van der Waals surface area contributed by atoms with Crippen LogP contribution in [0.15, 0.2) is 22.7 Å². The van der Waals surface area contributed by atoms with E-state index in [4.69, 9.17) is 17.3 Å². The minimum absolute atomic E-state index is 0.216. The van der Waals surface area contributed by atoms with Gasteiger partial charge in [0.2, 0.25) is 5.95 Å². The molecule has 0 saturated carbocycles. The zero-order valence-corrected chi connectivity index (χ0v) is 9.20. The van der Waals surface area contributed by atoms with E-state index in [2.05, 4.69) is 31.5 Å². The monoisotopic (exact) mass is 273 g/mol. The van der Waals surface area contributed by atoms with Crippen LogP contribution < -0.4 is 5.73 Å². The van der Waals surface area contributed by atoms with Gasteiger partial charge in [-0.3, -0.25) is 0 Å². The van der Waals surface area contributed by atoms with Crippen molar-refractivity contribution in [2.45, 2.75) is 0 Å². The highest BCUT2D eigenvalue weighted by molar-refractivity contribution is 9.10. The molecule has 0 radical (unpaired) electrons. The van der Waals surface area contributed by atoms with Crippen molar-refractivity contribution in [3.05, 3.63) is 27.7 Å². The van der Waals surface area contributed by atoms with E-state index >= 15 is 0 Å². The molecule has 0 atom stereocenters. The molecular weight excluding hydrogens is 269 g/mol. The fourth-order valence-corrected chi connectivity index (χ4v) is 1.59. The van der Waals surface area contributed by atoms with Gasteiger partial charge in [-0.25, -0.2) is 0 Å². The minimum Gasteiger partial charge on any atom is -0.366 e. The summed E-state index contributed by atoms with van der Waals surface area (Å²) >= 11 is 9.20. The molecule has 5 nitrogen and oxygen atoms in total. The number of nitrogens with two attached hydrogens (primary N) is 1. The molecule has 1 aromatic carbocycles. The number of hydrogen-bond donors (Lipinski definition) is 1. The molecule has 0 unspecified atom stereocenters. The first-order valence-corrected chi connectivity index (χ1v) is 4.85. The van der Waals surface area contributed by atoms with Crippen molar-refractivity contribution >= 4 is 33.5 Å². The normalized spacial score (nSPS) is 10.4. The van der Waals surface area contributed by atoms with E-state index in [-0.39, 0.29) is 5.95 Å². The van der Waals surface area contributed by atoms with E-state index in [1.165, 1.54) is 4.68 Å². The fraction of sp³-hybridized carbons (Fsp3) is 0. The van der Waals surface area contributed by atoms with Crippen molar-refractivity contribution in [3.63, 3.8) is 0 Å². The van der Waals surface area contributed by atoms with Crippen LogP contribution in [0.5, 0.6) is 0 Å². The van der Waals surface area contributed by atoms with Crippen molar-refractivity contribution in [2.75, 3.05) is 5.73 Å². The minimum atomic E-state index is 0.216. The number of benzene rings is 1. The molecule has 7 heteroatoms. The molecule has 0 aliphatic carbocycles. The van der Waals surface area contributed by atoms with Gasteiger partial charge in [-0.05, 0) is 44.6 Å². The summed E-state index contributed by atoms with van der Waals surface area (Å²) in [7, 11) is 0. The van der Waals surface area contributed by atoms with Crippen LogP contribution in [0.2, 0.25) is 5.02 Å². The molecule has 0 amide bonds. The van der Waals surface area contributed by atoms with E-state index in [1.54, 1.807) is 18.2 Å². The summed E-state index contributed by atoms with van der Waals surface area (Å²) in [5, 5.41) is 11.3. The van der Waals surface area contributed by atoms with E-state index in [9.17, 15) is 0 Å². The Morgan fingerprint density at radius 1 is 1.43 bits per heavy atom. The first kappa shape index (κ1) is 9.42. The second-order valence-electron chi connectivity index (χ2n) is 2.54. The maximum absolute atomic E-state index is 5.84. The zero-order chi connectivity index (χ0) is 10.1. The summed E-state index contributed by atoms with van der Waals surface area (Å²) in [6, 6.07) is 5.28. The van der Waals surface area contributed by atoms with Crippen LogP contribution in [-0.4, -0.2) is 20.2 Å². The molecule has 72 valence electrons. The average Bonchev–Trinajstić information content (AvgIpc) is 2.56. The first-order valence-electron chi connectivity index (χ1n) is 3.68. The Hall–Kier alpha value is -1.14. The van der Waals surface area contributed by atoms with Crippen LogP contribution in [0, 0.1) is 0 Å². The number of aromatic nitrogens is 4. The van der Waals surface area contributed by atoms with Gasteiger partial charge in [0.25, 0.3) is 0 Å². The highest BCUT2D eigenvalue weighted by Gasteiger charge is 2.08. The van der Waals surface area contributed by atoms with Crippen LogP contribution >= 0.6 is 27.5 Å². The SMILES string of the molecule is Nc1nnnn1-c1cc(Cl)ccc1Br. The lowest BCUT2D eigenvalue weighted by Gasteiger charge is -2.04. The van der Waals surface area contributed by atoms with Gasteiger partial charge < -0.3 is 5.73 Å². The summed E-state index contributed by atoms with van der Waals surface area (Å²) in [5.74, 6) is 0.216. The third kappa shape index (κ3) is 1.58. The number of nitrogens with zero attached hydrogens (tertiary/aromatic N) is 4. The quantitative estimate of drug-likeness (QED) is 0.858. The molecule has 0 fully saturated rings. The third-order valence-electron chi connectivity index (χ3n) is 1.63. The average molecular weight is 275 g/mol. The van der Waals surface area contributed by atoms with Gasteiger partial charge in [-0.2, -0.15) is 4.68 Å².